The summed E-state index contributed by atoms with van der Waals surface area (Å²) in [5, 5.41) is 2.10. The minimum atomic E-state index is -4.55. The number of carbonyl (C=O) groups is 2. The van der Waals surface area contributed by atoms with Crippen LogP contribution in [0.1, 0.15) is 17.5 Å². The highest BCUT2D eigenvalue weighted by molar-refractivity contribution is 14.1. The average molecular weight is 653 g/mol. The molecule has 0 saturated carbocycles. The fourth-order valence-corrected chi connectivity index (χ4v) is 5.29. The van der Waals surface area contributed by atoms with Gasteiger partial charge in [0.25, 0.3) is 0 Å². The highest BCUT2D eigenvalue weighted by atomic mass is 127. The summed E-state index contributed by atoms with van der Waals surface area (Å²) < 4.78 is 51.6. The van der Waals surface area contributed by atoms with Crippen LogP contribution in [0.4, 0.5) is 24.5 Å². The number of nitrogens with zero attached hydrogens (tertiary/aromatic N) is 2. The number of alkyl halides is 3. The fraction of sp³-hybridized carbons (Fsp3) is 0.192. The number of anilines is 1. The molecule has 1 atom stereocenters. The van der Waals surface area contributed by atoms with Crippen molar-refractivity contribution < 1.29 is 32.2 Å². The fourth-order valence-electron chi connectivity index (χ4n) is 3.84. The molecule has 3 aromatic rings. The van der Waals surface area contributed by atoms with Crippen molar-refractivity contribution >= 4 is 62.7 Å². The molecule has 0 spiro atoms. The largest absolute Gasteiger partial charge is 0.454 e. The number of ether oxygens (including phenoxy) is 2. The second kappa shape index (κ2) is 10.8. The summed E-state index contributed by atoms with van der Waals surface area (Å²) in [6.45, 7) is 0.183. The van der Waals surface area contributed by atoms with Gasteiger partial charge in [-0.1, -0.05) is 23.9 Å². The molecule has 1 fully saturated rings. The summed E-state index contributed by atoms with van der Waals surface area (Å²) >= 11 is 3.18. The Morgan fingerprint density at radius 2 is 1.84 bits per heavy atom. The van der Waals surface area contributed by atoms with Crippen LogP contribution in [0.2, 0.25) is 0 Å². The molecule has 2 aliphatic heterocycles. The van der Waals surface area contributed by atoms with E-state index >= 15 is 0 Å². The molecule has 196 valence electrons. The van der Waals surface area contributed by atoms with E-state index in [1.54, 1.807) is 30.3 Å². The summed E-state index contributed by atoms with van der Waals surface area (Å²) in [4.78, 5) is 32.1. The first-order valence-electron chi connectivity index (χ1n) is 11.3. The summed E-state index contributed by atoms with van der Waals surface area (Å²) in [5.74, 6) is 0.336. The molecule has 1 unspecified atom stereocenters. The zero-order valence-corrected chi connectivity index (χ0v) is 22.5. The molecule has 0 aliphatic carbocycles. The van der Waals surface area contributed by atoms with Gasteiger partial charge in [-0.05, 0) is 82.8 Å². The third-order valence-corrected chi connectivity index (χ3v) is 7.63. The molecule has 1 N–H and O–H groups in total. The summed E-state index contributed by atoms with van der Waals surface area (Å²) in [5.41, 5.74) is 0.440. The van der Waals surface area contributed by atoms with E-state index in [1.165, 1.54) is 17.0 Å². The van der Waals surface area contributed by atoms with E-state index in [9.17, 15) is 22.8 Å². The van der Waals surface area contributed by atoms with E-state index in [4.69, 9.17) is 9.47 Å². The van der Waals surface area contributed by atoms with Gasteiger partial charge in [0.1, 0.15) is 5.25 Å². The van der Waals surface area contributed by atoms with Gasteiger partial charge in [-0.25, -0.2) is 4.99 Å². The maximum absolute atomic E-state index is 13.3. The van der Waals surface area contributed by atoms with Crippen molar-refractivity contribution in [2.45, 2.75) is 24.4 Å². The van der Waals surface area contributed by atoms with Crippen LogP contribution in [-0.2, 0) is 22.3 Å². The summed E-state index contributed by atoms with van der Waals surface area (Å²) in [7, 11) is 0. The zero-order valence-electron chi connectivity index (χ0n) is 19.5. The molecule has 3 aromatic carbocycles. The van der Waals surface area contributed by atoms with Crippen LogP contribution in [0.15, 0.2) is 71.7 Å². The Hall–Kier alpha value is -3.26. The van der Waals surface area contributed by atoms with Crippen molar-refractivity contribution in [3.05, 3.63) is 81.4 Å². The third kappa shape index (κ3) is 6.07. The first-order chi connectivity index (χ1) is 18.2. The Bertz CT molecular complexity index is 1420. The number of carbonyl (C=O) groups excluding carboxylic acids is 2. The Balaban J connectivity index is 1.44. The van der Waals surface area contributed by atoms with E-state index in [-0.39, 0.29) is 36.5 Å². The standard InChI is InChI=1S/C26H19F3IN3O4S/c27-26(28,29)16-2-1-3-19(11-16)32-25-33(13-15-4-9-20-21(10-15)37-14-36-20)23(34)12-22(38-25)24(35)31-18-7-5-17(30)6-8-18/h1-11,22H,12-14H2,(H,31,35). The lowest BCUT2D eigenvalue weighted by Gasteiger charge is -2.32. The van der Waals surface area contributed by atoms with Crippen molar-refractivity contribution in [1.82, 2.24) is 4.90 Å². The van der Waals surface area contributed by atoms with Gasteiger partial charge in [0.05, 0.1) is 17.8 Å². The highest BCUT2D eigenvalue weighted by Gasteiger charge is 2.36. The van der Waals surface area contributed by atoms with Crippen molar-refractivity contribution in [1.29, 1.82) is 0 Å². The van der Waals surface area contributed by atoms with Crippen molar-refractivity contribution in [3.8, 4) is 11.5 Å². The number of amides is 2. The Morgan fingerprint density at radius 1 is 1.08 bits per heavy atom. The molecule has 2 amide bonds. The van der Waals surface area contributed by atoms with Crippen LogP contribution in [0.5, 0.6) is 11.5 Å². The molecule has 2 heterocycles. The van der Waals surface area contributed by atoms with Crippen LogP contribution in [0, 0.1) is 3.57 Å². The molecule has 0 aromatic heterocycles. The van der Waals surface area contributed by atoms with Gasteiger partial charge in [-0.15, -0.1) is 0 Å². The monoisotopic (exact) mass is 653 g/mol. The second-order valence-electron chi connectivity index (χ2n) is 8.42. The van der Waals surface area contributed by atoms with Gasteiger partial charge in [-0.2, -0.15) is 13.2 Å². The molecule has 2 aliphatic rings. The molecular weight excluding hydrogens is 634 g/mol. The highest BCUT2D eigenvalue weighted by Crippen LogP contribution is 2.36. The normalized spacial score (nSPS) is 18.1. The topological polar surface area (TPSA) is 80.2 Å². The number of aliphatic imine (C=N–C) groups is 1. The number of rotatable bonds is 5. The number of benzene rings is 3. The molecule has 1 saturated heterocycles. The molecule has 7 nitrogen and oxygen atoms in total. The number of hydrogen-bond donors (Lipinski definition) is 1. The summed E-state index contributed by atoms with van der Waals surface area (Å²) in [6.07, 6.45) is -4.65. The molecule has 0 bridgehead atoms. The van der Waals surface area contributed by atoms with E-state index in [0.29, 0.717) is 22.7 Å². The van der Waals surface area contributed by atoms with Crippen LogP contribution >= 0.6 is 34.4 Å². The predicted molar refractivity (Wildman–Crippen MR) is 145 cm³/mol. The lowest BCUT2D eigenvalue weighted by molar-refractivity contribution is -0.137. The van der Waals surface area contributed by atoms with Gasteiger partial charge < -0.3 is 14.8 Å². The van der Waals surface area contributed by atoms with E-state index in [0.717, 1.165) is 27.5 Å². The molecule has 38 heavy (non-hydrogen) atoms. The van der Waals surface area contributed by atoms with Gasteiger partial charge >= 0.3 is 6.18 Å². The van der Waals surface area contributed by atoms with Crippen LogP contribution < -0.4 is 14.8 Å². The van der Waals surface area contributed by atoms with Gasteiger partial charge in [0.15, 0.2) is 16.7 Å². The zero-order chi connectivity index (χ0) is 26.9. The number of hydrogen-bond acceptors (Lipinski definition) is 6. The number of fused-ring (bicyclic) bond motifs is 1. The lowest BCUT2D eigenvalue weighted by atomic mass is 10.1. The maximum Gasteiger partial charge on any atom is 0.416 e. The quantitative estimate of drug-likeness (QED) is 0.332. The smallest absolute Gasteiger partial charge is 0.416 e. The Labute approximate surface area is 233 Å². The number of nitrogens with one attached hydrogen (secondary N) is 1. The molecule has 12 heteroatoms. The van der Waals surface area contributed by atoms with Crippen LogP contribution in [0.3, 0.4) is 0 Å². The van der Waals surface area contributed by atoms with E-state index in [2.05, 4.69) is 32.9 Å². The first kappa shape index (κ1) is 26.4. The Kier molecular flexibility index (Phi) is 7.52. The molecule has 5 rings (SSSR count). The second-order valence-corrected chi connectivity index (χ2v) is 10.8. The van der Waals surface area contributed by atoms with E-state index < -0.39 is 22.9 Å². The minimum absolute atomic E-state index is 0.0181. The van der Waals surface area contributed by atoms with Crippen LogP contribution in [0.25, 0.3) is 0 Å². The Morgan fingerprint density at radius 3 is 2.61 bits per heavy atom. The number of halogens is 4. The van der Waals surface area contributed by atoms with Crippen LogP contribution in [-0.4, -0.2) is 33.9 Å². The van der Waals surface area contributed by atoms with Crippen molar-refractivity contribution in [3.63, 3.8) is 0 Å². The third-order valence-electron chi connectivity index (χ3n) is 5.72. The summed E-state index contributed by atoms with van der Waals surface area (Å²) in [6, 6.07) is 16.9. The average Bonchev–Trinajstić information content (AvgIpc) is 3.35. The number of amidine groups is 1. The molecule has 0 radical (unpaired) electrons. The molecular formula is C26H19F3IN3O4S. The van der Waals surface area contributed by atoms with Crippen molar-refractivity contribution in [2.75, 3.05) is 12.1 Å². The van der Waals surface area contributed by atoms with Gasteiger partial charge in [0.2, 0.25) is 18.6 Å². The maximum atomic E-state index is 13.3. The van der Waals surface area contributed by atoms with E-state index in [1.807, 2.05) is 12.1 Å². The lowest BCUT2D eigenvalue weighted by Crippen LogP contribution is -2.44. The number of thioether (sulfide) groups is 1. The van der Waals surface area contributed by atoms with Crippen molar-refractivity contribution in [2.24, 2.45) is 4.99 Å². The minimum Gasteiger partial charge on any atom is -0.454 e. The van der Waals surface area contributed by atoms with Gasteiger partial charge in [0, 0.05) is 15.7 Å². The SMILES string of the molecule is O=C(Nc1ccc(I)cc1)C1CC(=O)N(Cc2ccc3c(c2)OCO3)C(=Nc2cccc(C(F)(F)F)c2)S1. The first-order valence-corrected chi connectivity index (χ1v) is 13.3. The van der Waals surface area contributed by atoms with Gasteiger partial charge in [-0.3, -0.25) is 14.5 Å². The predicted octanol–water partition coefficient (Wildman–Crippen LogP) is 6.20.